The molecule has 1 aliphatic carbocycles. The third-order valence-corrected chi connectivity index (χ3v) is 3.96. The second-order valence-corrected chi connectivity index (χ2v) is 6.73. The summed E-state index contributed by atoms with van der Waals surface area (Å²) in [6.45, 7) is 8.44. The van der Waals surface area contributed by atoms with Crippen LogP contribution in [0.2, 0.25) is 0 Å². The van der Waals surface area contributed by atoms with Gasteiger partial charge in [0.05, 0.1) is 5.60 Å². The second-order valence-electron chi connectivity index (χ2n) is 6.73. The molecule has 0 radical (unpaired) electrons. The lowest BCUT2D eigenvalue weighted by atomic mass is 9.87. The van der Waals surface area contributed by atoms with E-state index in [1.807, 2.05) is 13.8 Å². The molecule has 1 aliphatic rings. The summed E-state index contributed by atoms with van der Waals surface area (Å²) in [5, 5.41) is 13.4. The Hall–Kier alpha value is -0.0800. The van der Waals surface area contributed by atoms with Crippen LogP contribution in [0, 0.1) is 5.92 Å². The zero-order valence-electron chi connectivity index (χ0n) is 12.1. The highest BCUT2D eigenvalue weighted by Crippen LogP contribution is 2.24. The Morgan fingerprint density at radius 1 is 1.24 bits per heavy atom. The van der Waals surface area contributed by atoms with Gasteiger partial charge in [0.25, 0.3) is 0 Å². The van der Waals surface area contributed by atoms with Crippen LogP contribution in [0.3, 0.4) is 0 Å². The van der Waals surface area contributed by atoms with Gasteiger partial charge in [-0.1, -0.05) is 6.92 Å². The molecule has 2 N–H and O–H groups in total. The number of rotatable bonds is 6. The summed E-state index contributed by atoms with van der Waals surface area (Å²) in [4.78, 5) is 0. The third-order valence-electron chi connectivity index (χ3n) is 3.96. The summed E-state index contributed by atoms with van der Waals surface area (Å²) in [6, 6.07) is 1.33. The molecule has 17 heavy (non-hydrogen) atoms. The van der Waals surface area contributed by atoms with Gasteiger partial charge >= 0.3 is 0 Å². The van der Waals surface area contributed by atoms with E-state index in [0.717, 1.165) is 24.8 Å². The van der Waals surface area contributed by atoms with Crippen molar-refractivity contribution in [3.05, 3.63) is 0 Å². The fraction of sp³-hybridized carbons (Fsp3) is 1.00. The second kappa shape index (κ2) is 6.75. The van der Waals surface area contributed by atoms with E-state index in [0.29, 0.717) is 6.04 Å². The third kappa shape index (κ3) is 7.05. The van der Waals surface area contributed by atoms with Crippen molar-refractivity contribution in [2.24, 2.45) is 5.92 Å². The maximum absolute atomic E-state index is 9.66. The molecule has 2 nitrogen and oxygen atoms in total. The molecule has 0 heterocycles. The molecule has 1 atom stereocenters. The van der Waals surface area contributed by atoms with E-state index in [1.54, 1.807) is 0 Å². The first-order chi connectivity index (χ1) is 7.87. The van der Waals surface area contributed by atoms with Crippen molar-refractivity contribution in [3.8, 4) is 0 Å². The summed E-state index contributed by atoms with van der Waals surface area (Å²) < 4.78 is 0. The van der Waals surface area contributed by atoms with E-state index < -0.39 is 5.60 Å². The quantitative estimate of drug-likeness (QED) is 0.746. The van der Waals surface area contributed by atoms with Crippen LogP contribution in [0.1, 0.15) is 72.6 Å². The standard InChI is InChI=1S/C15H31NO/c1-12-7-9-14(10-8-12)16-13(2)6-5-11-15(3,4)17/h12-14,16-17H,5-11H2,1-4H3. The molecular weight excluding hydrogens is 210 g/mol. The summed E-state index contributed by atoms with van der Waals surface area (Å²) in [6.07, 6.45) is 8.65. The highest BCUT2D eigenvalue weighted by Gasteiger charge is 2.19. The largest absolute Gasteiger partial charge is 0.390 e. The highest BCUT2D eigenvalue weighted by atomic mass is 16.3. The SMILES string of the molecule is CC1CCC(NC(C)CCCC(C)(C)O)CC1. The molecule has 0 spiro atoms. The Morgan fingerprint density at radius 3 is 2.35 bits per heavy atom. The zero-order valence-corrected chi connectivity index (χ0v) is 12.1. The first-order valence-corrected chi connectivity index (χ1v) is 7.35. The van der Waals surface area contributed by atoms with Gasteiger partial charge in [-0.3, -0.25) is 0 Å². The first-order valence-electron chi connectivity index (χ1n) is 7.35. The van der Waals surface area contributed by atoms with Gasteiger partial charge in [-0.15, -0.1) is 0 Å². The molecule has 0 aromatic rings. The van der Waals surface area contributed by atoms with Gasteiger partial charge < -0.3 is 10.4 Å². The van der Waals surface area contributed by atoms with E-state index >= 15 is 0 Å². The molecule has 2 heteroatoms. The fourth-order valence-electron chi connectivity index (χ4n) is 2.75. The van der Waals surface area contributed by atoms with Crippen molar-refractivity contribution < 1.29 is 5.11 Å². The number of nitrogens with one attached hydrogen (secondary N) is 1. The predicted molar refractivity (Wildman–Crippen MR) is 74.2 cm³/mol. The molecule has 0 bridgehead atoms. The molecular formula is C15H31NO. The minimum absolute atomic E-state index is 0.500. The van der Waals surface area contributed by atoms with Gasteiger partial charge in [0.2, 0.25) is 0 Å². The summed E-state index contributed by atoms with van der Waals surface area (Å²) in [5.74, 6) is 0.929. The van der Waals surface area contributed by atoms with E-state index in [1.165, 1.54) is 32.1 Å². The molecule has 0 aromatic carbocycles. The van der Waals surface area contributed by atoms with Gasteiger partial charge in [0.15, 0.2) is 0 Å². The van der Waals surface area contributed by atoms with Crippen LogP contribution >= 0.6 is 0 Å². The lowest BCUT2D eigenvalue weighted by molar-refractivity contribution is 0.0673. The van der Waals surface area contributed by atoms with E-state index in [4.69, 9.17) is 0 Å². The summed E-state index contributed by atoms with van der Waals surface area (Å²) >= 11 is 0. The first kappa shape index (κ1) is 15.0. The lowest BCUT2D eigenvalue weighted by Gasteiger charge is -2.30. The van der Waals surface area contributed by atoms with E-state index in [2.05, 4.69) is 19.2 Å². The fourth-order valence-corrected chi connectivity index (χ4v) is 2.75. The molecule has 0 aromatic heterocycles. The number of hydrogen-bond donors (Lipinski definition) is 2. The molecule has 1 rings (SSSR count). The molecule has 0 saturated heterocycles. The monoisotopic (exact) mass is 241 g/mol. The Morgan fingerprint density at radius 2 is 1.82 bits per heavy atom. The Labute approximate surface area is 107 Å². The van der Waals surface area contributed by atoms with Gasteiger partial charge in [0.1, 0.15) is 0 Å². The van der Waals surface area contributed by atoms with Crippen molar-refractivity contribution >= 4 is 0 Å². The van der Waals surface area contributed by atoms with Gasteiger partial charge in [-0.2, -0.15) is 0 Å². The average Bonchev–Trinajstić information content (AvgIpc) is 2.19. The number of aliphatic hydroxyl groups is 1. The smallest absolute Gasteiger partial charge is 0.0591 e. The van der Waals surface area contributed by atoms with Crippen LogP contribution in [-0.2, 0) is 0 Å². The van der Waals surface area contributed by atoms with Crippen LogP contribution in [0.5, 0.6) is 0 Å². The van der Waals surface area contributed by atoms with Crippen molar-refractivity contribution in [1.82, 2.24) is 5.32 Å². The lowest BCUT2D eigenvalue weighted by Crippen LogP contribution is -2.39. The van der Waals surface area contributed by atoms with Crippen molar-refractivity contribution in [2.75, 3.05) is 0 Å². The molecule has 1 fully saturated rings. The summed E-state index contributed by atoms with van der Waals surface area (Å²) in [7, 11) is 0. The minimum atomic E-state index is -0.500. The maximum Gasteiger partial charge on any atom is 0.0591 e. The van der Waals surface area contributed by atoms with Gasteiger partial charge in [-0.25, -0.2) is 0 Å². The Bertz CT molecular complexity index is 201. The van der Waals surface area contributed by atoms with Crippen LogP contribution in [-0.4, -0.2) is 22.8 Å². The normalized spacial score (nSPS) is 28.1. The zero-order chi connectivity index (χ0) is 12.9. The molecule has 102 valence electrons. The topological polar surface area (TPSA) is 32.3 Å². The van der Waals surface area contributed by atoms with Crippen LogP contribution < -0.4 is 5.32 Å². The molecule has 1 saturated carbocycles. The van der Waals surface area contributed by atoms with Crippen molar-refractivity contribution in [3.63, 3.8) is 0 Å². The average molecular weight is 241 g/mol. The highest BCUT2D eigenvalue weighted by molar-refractivity contribution is 4.78. The van der Waals surface area contributed by atoms with Crippen molar-refractivity contribution in [1.29, 1.82) is 0 Å². The molecule has 0 amide bonds. The number of hydrogen-bond acceptors (Lipinski definition) is 2. The molecule has 0 aliphatic heterocycles. The maximum atomic E-state index is 9.66. The van der Waals surface area contributed by atoms with E-state index in [-0.39, 0.29) is 0 Å². The van der Waals surface area contributed by atoms with Gasteiger partial charge in [0, 0.05) is 12.1 Å². The predicted octanol–water partition coefficient (Wildman–Crippen LogP) is 3.48. The Kier molecular flexibility index (Phi) is 5.94. The minimum Gasteiger partial charge on any atom is -0.390 e. The van der Waals surface area contributed by atoms with Crippen LogP contribution in [0.25, 0.3) is 0 Å². The van der Waals surface area contributed by atoms with Crippen LogP contribution in [0.4, 0.5) is 0 Å². The van der Waals surface area contributed by atoms with Crippen molar-refractivity contribution in [2.45, 2.75) is 90.3 Å². The van der Waals surface area contributed by atoms with Crippen LogP contribution in [0.15, 0.2) is 0 Å². The summed E-state index contributed by atoms with van der Waals surface area (Å²) in [5.41, 5.74) is -0.500. The van der Waals surface area contributed by atoms with Gasteiger partial charge in [-0.05, 0) is 71.6 Å². The Balaban J connectivity index is 2.10. The molecule has 1 unspecified atom stereocenters. The van der Waals surface area contributed by atoms with E-state index in [9.17, 15) is 5.11 Å².